The first kappa shape index (κ1) is 31.1. The molecular weight excluding hydrogens is 681 g/mol. The van der Waals surface area contributed by atoms with Gasteiger partial charge in [-0.2, -0.15) is 0 Å². The Hall–Kier alpha value is 0.532. The van der Waals surface area contributed by atoms with Gasteiger partial charge in [-0.15, -0.1) is 0 Å². The predicted octanol–water partition coefficient (Wildman–Crippen LogP) is 1.02. The molecule has 4 aliphatic rings. The van der Waals surface area contributed by atoms with Gasteiger partial charge in [0, 0.05) is 79.7 Å². The van der Waals surface area contributed by atoms with Crippen LogP contribution < -0.4 is 5.73 Å². The van der Waals surface area contributed by atoms with Crippen molar-refractivity contribution >= 4 is 5.78 Å². The number of rotatable bonds is 4. The van der Waals surface area contributed by atoms with Crippen LogP contribution in [-0.4, -0.2) is 79.7 Å². The van der Waals surface area contributed by atoms with Gasteiger partial charge in [0.2, 0.25) is 0 Å². The number of aliphatic hydroxyl groups excluding tert-OH is 2. The summed E-state index contributed by atoms with van der Waals surface area (Å²) in [6.45, 7) is 12.5. The Kier molecular flexibility index (Phi) is 8.51. The Balaban J connectivity index is 0.00000361. The summed E-state index contributed by atoms with van der Waals surface area (Å²) in [5, 5.41) is 57.1. The average molecular weight is 725 g/mol. The van der Waals surface area contributed by atoms with Gasteiger partial charge in [-0.05, 0) is 38.7 Å². The molecule has 4 rings (SSSR count). The fraction of sp³-hybridized carbons (Fsp3) is 0.885. The first-order chi connectivity index (χ1) is 16.0. The van der Waals surface area contributed by atoms with Crippen molar-refractivity contribution in [3.05, 3.63) is 11.1 Å². The number of fused-ring (bicyclic) bond motifs is 5. The van der Waals surface area contributed by atoms with Gasteiger partial charge in [0.05, 0.1) is 29.8 Å². The van der Waals surface area contributed by atoms with Gasteiger partial charge in [0.1, 0.15) is 17.8 Å². The van der Waals surface area contributed by atoms with E-state index in [9.17, 15) is 30.5 Å². The standard InChI is InChI=1S/C26H43NO8.Ac/c1-11(14(4)27)20(35-33)15-9-26(32)13(3)21-24(7,16(28)8-17-25(21,31)10-34-17)22(30)19(29)18(12(15)2)23(26,5)6;/h11,13-17,19-21,28-29,31-33H,8-10,27H2,1-7H3;/t11?,13?,14?,15?,16?,17?,19?,20-,21?,24+,25?,26?;/m0./s1. The van der Waals surface area contributed by atoms with Gasteiger partial charge in [-0.25, -0.2) is 4.89 Å². The van der Waals surface area contributed by atoms with E-state index in [1.165, 1.54) is 0 Å². The molecule has 1 radical (unpaired) electrons. The molecule has 3 aliphatic carbocycles. The number of carbonyl (C=O) groups is 1. The Morgan fingerprint density at radius 3 is 2.22 bits per heavy atom. The normalized spacial score (nSPS) is 48.3. The Morgan fingerprint density at radius 1 is 1.17 bits per heavy atom. The SMILES string of the molecule is CC1=C2C(O)C(=O)[C@]3(C)C(O)CC4OCC4(O)C3C(C)C(O)(CC1[C@@H](OO)C(C)C(C)N)C2(C)C.[Ac]. The maximum Gasteiger partial charge on any atom is 0.174 e. The second-order valence-corrected chi connectivity index (χ2v) is 12.6. The van der Waals surface area contributed by atoms with E-state index in [2.05, 4.69) is 0 Å². The molecule has 0 aromatic heterocycles. The van der Waals surface area contributed by atoms with Crippen molar-refractivity contribution in [2.45, 2.75) is 103 Å². The zero-order valence-corrected chi connectivity index (χ0v) is 27.2. The molecule has 0 spiro atoms. The Bertz CT molecular complexity index is 926. The van der Waals surface area contributed by atoms with Crippen molar-refractivity contribution in [1.82, 2.24) is 0 Å². The van der Waals surface area contributed by atoms with Crippen LogP contribution in [0.2, 0.25) is 0 Å². The second-order valence-electron chi connectivity index (χ2n) is 12.6. The fourth-order valence-electron chi connectivity index (χ4n) is 8.26. The number of nitrogens with two attached hydrogens (primary N) is 1. The van der Waals surface area contributed by atoms with Gasteiger partial charge in [-0.1, -0.05) is 33.3 Å². The Morgan fingerprint density at radius 2 is 1.75 bits per heavy atom. The molecule has 203 valence electrons. The molecule has 1 heterocycles. The molecule has 0 aromatic carbocycles. The van der Waals surface area contributed by atoms with Crippen LogP contribution in [0.5, 0.6) is 0 Å². The predicted molar refractivity (Wildman–Crippen MR) is 127 cm³/mol. The summed E-state index contributed by atoms with van der Waals surface area (Å²) in [5.74, 6) is -2.97. The average Bonchev–Trinajstić information content (AvgIpc) is 2.77. The maximum atomic E-state index is 14.1. The molecule has 2 saturated carbocycles. The molecule has 1 saturated heterocycles. The van der Waals surface area contributed by atoms with Gasteiger partial charge in [-0.3, -0.25) is 10.1 Å². The summed E-state index contributed by atoms with van der Waals surface area (Å²) in [6, 6.07) is -0.325. The molecule has 3 fully saturated rings. The molecule has 0 aromatic rings. The second kappa shape index (κ2) is 9.87. The van der Waals surface area contributed by atoms with Gasteiger partial charge < -0.3 is 30.9 Å². The summed E-state index contributed by atoms with van der Waals surface area (Å²) in [5.41, 5.74) is 1.66. The molecule has 36 heavy (non-hydrogen) atoms. The summed E-state index contributed by atoms with van der Waals surface area (Å²) in [7, 11) is 0. The van der Waals surface area contributed by atoms with Gasteiger partial charge in [0.25, 0.3) is 0 Å². The van der Waals surface area contributed by atoms with E-state index >= 15 is 0 Å². The smallest absolute Gasteiger partial charge is 0.174 e. The number of aliphatic hydroxyl groups is 4. The van der Waals surface area contributed by atoms with Crippen molar-refractivity contribution < 1.29 is 84.2 Å². The van der Waals surface area contributed by atoms with Crippen LogP contribution in [0.15, 0.2) is 11.1 Å². The van der Waals surface area contributed by atoms with E-state index in [-0.39, 0.29) is 75.5 Å². The van der Waals surface area contributed by atoms with Crippen molar-refractivity contribution in [3.63, 3.8) is 0 Å². The van der Waals surface area contributed by atoms with Crippen molar-refractivity contribution in [2.24, 2.45) is 40.2 Å². The summed E-state index contributed by atoms with van der Waals surface area (Å²) >= 11 is 0. The summed E-state index contributed by atoms with van der Waals surface area (Å²) in [4.78, 5) is 19.0. The minimum Gasteiger partial charge on any atom is -0.392 e. The van der Waals surface area contributed by atoms with E-state index < -0.39 is 70.0 Å². The van der Waals surface area contributed by atoms with Crippen molar-refractivity contribution in [3.8, 4) is 0 Å². The van der Waals surface area contributed by atoms with E-state index in [0.29, 0.717) is 11.1 Å². The third kappa shape index (κ3) is 3.84. The van der Waals surface area contributed by atoms with Crippen LogP contribution in [0.3, 0.4) is 0 Å². The third-order valence-electron chi connectivity index (χ3n) is 10.8. The largest absolute Gasteiger partial charge is 0.392 e. The van der Waals surface area contributed by atoms with Gasteiger partial charge in [0.15, 0.2) is 5.78 Å². The van der Waals surface area contributed by atoms with Crippen LogP contribution in [0.25, 0.3) is 0 Å². The van der Waals surface area contributed by atoms with E-state index in [1.54, 1.807) is 41.5 Å². The quantitative estimate of drug-likeness (QED) is 0.141. The number of ether oxygens (including phenoxy) is 1. The van der Waals surface area contributed by atoms with Crippen LogP contribution in [0.1, 0.15) is 61.3 Å². The summed E-state index contributed by atoms with van der Waals surface area (Å²) in [6.07, 6.45) is -3.98. The third-order valence-corrected chi connectivity index (χ3v) is 10.8. The molecule has 7 N–H and O–H groups in total. The van der Waals surface area contributed by atoms with Gasteiger partial charge >= 0.3 is 0 Å². The van der Waals surface area contributed by atoms with Crippen molar-refractivity contribution in [1.29, 1.82) is 0 Å². The minimum absolute atomic E-state index is 0. The van der Waals surface area contributed by atoms with Crippen LogP contribution in [0.4, 0.5) is 0 Å². The van der Waals surface area contributed by atoms with Crippen molar-refractivity contribution in [2.75, 3.05) is 6.61 Å². The molecular formula is C26H43AcNO8. The van der Waals surface area contributed by atoms with Crippen LogP contribution in [-0.2, 0) is 14.4 Å². The van der Waals surface area contributed by atoms with E-state index in [1.807, 2.05) is 6.92 Å². The maximum absolute atomic E-state index is 14.1. The number of ketones is 1. The van der Waals surface area contributed by atoms with Crippen LogP contribution in [0, 0.1) is 78.6 Å². The summed E-state index contributed by atoms with van der Waals surface area (Å²) < 4.78 is 5.58. The van der Waals surface area contributed by atoms with Crippen LogP contribution >= 0.6 is 0 Å². The topological polar surface area (TPSA) is 163 Å². The number of carbonyl (C=O) groups excluding carboxylic acids is 1. The molecule has 9 nitrogen and oxygen atoms in total. The first-order valence-corrected chi connectivity index (χ1v) is 12.8. The zero-order chi connectivity index (χ0) is 26.5. The molecule has 10 unspecified atom stereocenters. The number of hydrogen-bond donors (Lipinski definition) is 6. The first-order valence-electron chi connectivity index (χ1n) is 12.8. The molecule has 2 bridgehead atoms. The Labute approximate surface area is 249 Å². The monoisotopic (exact) mass is 724 g/mol. The number of Topliss-reactive ketones (excluding diaryl/α,β-unsaturated/α-hetero) is 1. The zero-order valence-electron chi connectivity index (χ0n) is 22.4. The van der Waals surface area contributed by atoms with E-state index in [0.717, 1.165) is 0 Å². The number of hydrogen-bond acceptors (Lipinski definition) is 9. The van der Waals surface area contributed by atoms with E-state index in [4.69, 9.17) is 15.4 Å². The molecule has 10 heteroatoms. The molecule has 1 aliphatic heterocycles. The fourth-order valence-corrected chi connectivity index (χ4v) is 8.26. The minimum atomic E-state index is -1.61. The molecule has 12 atom stereocenters. The molecule has 0 amide bonds.